The van der Waals surface area contributed by atoms with Crippen molar-refractivity contribution in [3.05, 3.63) is 66.8 Å². The summed E-state index contributed by atoms with van der Waals surface area (Å²) >= 11 is 10.1. The van der Waals surface area contributed by atoms with Crippen LogP contribution in [0.1, 0.15) is 17.2 Å². The van der Waals surface area contributed by atoms with Gasteiger partial charge in [-0.25, -0.2) is 4.39 Å². The minimum absolute atomic E-state index is 0.305. The second-order valence-corrected chi connectivity index (χ2v) is 6.50. The van der Waals surface area contributed by atoms with E-state index in [9.17, 15) is 4.39 Å². The van der Waals surface area contributed by atoms with E-state index < -0.39 is 6.04 Å². The highest BCUT2D eigenvalue weighted by Gasteiger charge is 2.16. The lowest BCUT2D eigenvalue weighted by Crippen LogP contribution is -2.14. The van der Waals surface area contributed by atoms with Crippen molar-refractivity contribution in [1.82, 2.24) is 0 Å². The maximum Gasteiger partial charge on any atom is 0.128 e. The molecule has 0 fully saturated rings. The zero-order valence-electron chi connectivity index (χ0n) is 9.13. The molecule has 2 aromatic rings. The van der Waals surface area contributed by atoms with E-state index in [1.165, 1.54) is 6.07 Å². The van der Waals surface area contributed by atoms with Gasteiger partial charge in [-0.3, -0.25) is 0 Å². The Balaban J connectivity index is 2.47. The smallest absolute Gasteiger partial charge is 0.128 e. The van der Waals surface area contributed by atoms with E-state index in [2.05, 4.69) is 47.8 Å². The van der Waals surface area contributed by atoms with Crippen LogP contribution < -0.4 is 5.73 Å². The monoisotopic (exact) mass is 435 g/mol. The number of hydrogen-bond acceptors (Lipinski definition) is 1. The summed E-state index contributed by atoms with van der Waals surface area (Å²) < 4.78 is 16.4. The van der Waals surface area contributed by atoms with Crippen LogP contribution in [0.4, 0.5) is 4.39 Å². The number of halogens is 4. The molecule has 0 aliphatic carbocycles. The first-order valence-corrected chi connectivity index (χ1v) is 7.52. The molecule has 5 heteroatoms. The van der Waals surface area contributed by atoms with Crippen LogP contribution in [-0.4, -0.2) is 0 Å². The molecule has 0 heterocycles. The highest BCUT2D eigenvalue weighted by Crippen LogP contribution is 2.31. The van der Waals surface area contributed by atoms with Gasteiger partial charge in [0, 0.05) is 19.0 Å². The van der Waals surface area contributed by atoms with E-state index in [0.29, 0.717) is 5.56 Å². The number of benzene rings is 2. The molecule has 0 bridgehead atoms. The second kappa shape index (κ2) is 5.82. The van der Waals surface area contributed by atoms with Crippen LogP contribution in [0.15, 0.2) is 49.8 Å². The van der Waals surface area contributed by atoms with E-state index in [1.807, 2.05) is 18.2 Å². The van der Waals surface area contributed by atoms with E-state index in [4.69, 9.17) is 5.73 Å². The molecule has 0 aromatic heterocycles. The molecular weight excluding hydrogens is 429 g/mol. The summed E-state index contributed by atoms with van der Waals surface area (Å²) in [5.41, 5.74) is 7.44. The molecule has 2 rings (SSSR count). The Morgan fingerprint density at radius 1 is 0.889 bits per heavy atom. The second-order valence-electron chi connectivity index (χ2n) is 3.81. The van der Waals surface area contributed by atoms with Crippen molar-refractivity contribution < 1.29 is 4.39 Å². The van der Waals surface area contributed by atoms with Crippen LogP contribution >= 0.6 is 47.8 Å². The summed E-state index contributed by atoms with van der Waals surface area (Å²) in [6, 6.07) is 9.91. The summed E-state index contributed by atoms with van der Waals surface area (Å²) in [4.78, 5) is 0. The summed E-state index contributed by atoms with van der Waals surface area (Å²) in [6.07, 6.45) is 0. The highest BCUT2D eigenvalue weighted by molar-refractivity contribution is 9.11. The predicted octanol–water partition coefficient (Wildman–Crippen LogP) is 5.16. The fraction of sp³-hybridized carbons (Fsp3) is 0.0769. The minimum Gasteiger partial charge on any atom is -0.320 e. The molecule has 0 spiro atoms. The maximum atomic E-state index is 13.8. The van der Waals surface area contributed by atoms with Gasteiger partial charge in [0.2, 0.25) is 0 Å². The van der Waals surface area contributed by atoms with Crippen molar-refractivity contribution in [2.45, 2.75) is 6.04 Å². The lowest BCUT2D eigenvalue weighted by Gasteiger charge is -2.15. The first-order valence-electron chi connectivity index (χ1n) is 5.14. The quantitative estimate of drug-likeness (QED) is 0.689. The SMILES string of the molecule is NC(c1cc(Br)ccc1F)c1ccc(Br)cc1Br. The van der Waals surface area contributed by atoms with E-state index in [-0.39, 0.29) is 5.82 Å². The normalized spacial score (nSPS) is 12.5. The van der Waals surface area contributed by atoms with Gasteiger partial charge in [0.15, 0.2) is 0 Å². The van der Waals surface area contributed by atoms with Gasteiger partial charge < -0.3 is 5.73 Å². The average molecular weight is 438 g/mol. The largest absolute Gasteiger partial charge is 0.320 e. The molecule has 0 amide bonds. The molecule has 0 radical (unpaired) electrons. The molecule has 0 aliphatic heterocycles. The molecule has 2 N–H and O–H groups in total. The van der Waals surface area contributed by atoms with Crippen LogP contribution in [0.3, 0.4) is 0 Å². The van der Waals surface area contributed by atoms with Crippen LogP contribution in [-0.2, 0) is 0 Å². The zero-order valence-corrected chi connectivity index (χ0v) is 13.9. The summed E-state index contributed by atoms with van der Waals surface area (Å²) in [5.74, 6) is -0.305. The van der Waals surface area contributed by atoms with Gasteiger partial charge in [0.25, 0.3) is 0 Å². The Labute approximate surface area is 130 Å². The highest BCUT2D eigenvalue weighted by atomic mass is 79.9. The molecule has 0 saturated carbocycles. The predicted molar refractivity (Wildman–Crippen MR) is 82.0 cm³/mol. The summed E-state index contributed by atoms with van der Waals surface area (Å²) in [6.45, 7) is 0. The van der Waals surface area contributed by atoms with Gasteiger partial charge in [-0.15, -0.1) is 0 Å². The third kappa shape index (κ3) is 3.02. The summed E-state index contributed by atoms with van der Waals surface area (Å²) in [5, 5.41) is 0. The molecular formula is C13H9Br3FN. The van der Waals surface area contributed by atoms with Crippen LogP contribution in [0.25, 0.3) is 0 Å². The Kier molecular flexibility index (Phi) is 4.59. The van der Waals surface area contributed by atoms with Gasteiger partial charge in [-0.2, -0.15) is 0 Å². The van der Waals surface area contributed by atoms with Gasteiger partial charge in [-0.05, 0) is 35.9 Å². The number of hydrogen-bond donors (Lipinski definition) is 1. The summed E-state index contributed by atoms with van der Waals surface area (Å²) in [7, 11) is 0. The fourth-order valence-corrected chi connectivity index (χ4v) is 3.35. The Hall–Kier alpha value is -0.230. The Morgan fingerprint density at radius 2 is 1.50 bits per heavy atom. The zero-order chi connectivity index (χ0) is 13.3. The molecule has 1 unspecified atom stereocenters. The van der Waals surface area contributed by atoms with Crippen molar-refractivity contribution in [2.24, 2.45) is 5.73 Å². The molecule has 94 valence electrons. The molecule has 2 aromatic carbocycles. The molecule has 0 aliphatic rings. The van der Waals surface area contributed by atoms with Gasteiger partial charge in [0.05, 0.1) is 6.04 Å². The van der Waals surface area contributed by atoms with Gasteiger partial charge in [0.1, 0.15) is 5.82 Å². The van der Waals surface area contributed by atoms with E-state index >= 15 is 0 Å². The van der Waals surface area contributed by atoms with Crippen molar-refractivity contribution in [3.8, 4) is 0 Å². The average Bonchev–Trinajstić information content (AvgIpc) is 2.31. The topological polar surface area (TPSA) is 26.0 Å². The maximum absolute atomic E-state index is 13.8. The van der Waals surface area contributed by atoms with Crippen molar-refractivity contribution >= 4 is 47.8 Å². The van der Waals surface area contributed by atoms with E-state index in [1.54, 1.807) is 12.1 Å². The van der Waals surface area contributed by atoms with E-state index in [0.717, 1.165) is 19.0 Å². The number of nitrogens with two attached hydrogens (primary N) is 1. The molecule has 0 saturated heterocycles. The molecule has 18 heavy (non-hydrogen) atoms. The first kappa shape index (κ1) is 14.2. The third-order valence-corrected chi connectivity index (χ3v) is 4.26. The van der Waals surface area contributed by atoms with Crippen molar-refractivity contribution in [1.29, 1.82) is 0 Å². The van der Waals surface area contributed by atoms with Crippen LogP contribution in [0, 0.1) is 5.82 Å². The Morgan fingerprint density at radius 3 is 2.17 bits per heavy atom. The molecule has 1 atom stereocenters. The van der Waals surface area contributed by atoms with Crippen LogP contribution in [0.5, 0.6) is 0 Å². The standard InChI is InChI=1S/C13H9Br3FN/c14-7-2-4-12(17)10(5-7)13(18)9-3-1-8(15)6-11(9)16/h1-6,13H,18H2. The Bertz CT molecular complexity index is 586. The third-order valence-electron chi connectivity index (χ3n) is 2.59. The van der Waals surface area contributed by atoms with Crippen molar-refractivity contribution in [2.75, 3.05) is 0 Å². The minimum atomic E-state index is -0.509. The van der Waals surface area contributed by atoms with Crippen LogP contribution in [0.2, 0.25) is 0 Å². The van der Waals surface area contributed by atoms with Crippen molar-refractivity contribution in [3.63, 3.8) is 0 Å². The lowest BCUT2D eigenvalue weighted by atomic mass is 9.99. The van der Waals surface area contributed by atoms with Gasteiger partial charge >= 0.3 is 0 Å². The van der Waals surface area contributed by atoms with Gasteiger partial charge in [-0.1, -0.05) is 53.9 Å². The fourth-order valence-electron chi connectivity index (χ4n) is 1.67. The number of rotatable bonds is 2. The molecule has 1 nitrogen and oxygen atoms in total. The lowest BCUT2D eigenvalue weighted by molar-refractivity contribution is 0.599. The first-order chi connectivity index (χ1) is 8.49.